The summed E-state index contributed by atoms with van der Waals surface area (Å²) >= 11 is 0. The minimum atomic E-state index is 0. The summed E-state index contributed by atoms with van der Waals surface area (Å²) < 4.78 is 0. The largest absolute Gasteiger partial charge is 0.398 e. The Kier molecular flexibility index (Phi) is 4.18. The van der Waals surface area contributed by atoms with Crippen LogP contribution in [0.2, 0.25) is 0 Å². The zero-order valence-corrected chi connectivity index (χ0v) is 11.3. The summed E-state index contributed by atoms with van der Waals surface area (Å²) in [5, 5.41) is 0. The fraction of sp³-hybridized carbons (Fsp3) is 0. The standard InChI is InChI=1S/C18H15N.H3N/c19-18-13-7-6-12-17(18)16-11-5-4-10-15(16)14-8-2-1-3-9-14;/h1-13H,19H2;1H3. The number of hydrogen-bond donors (Lipinski definition) is 2. The van der Waals surface area contributed by atoms with Crippen LogP contribution in [0.25, 0.3) is 22.3 Å². The Hall–Kier alpha value is -2.58. The zero-order valence-electron chi connectivity index (χ0n) is 11.3. The van der Waals surface area contributed by atoms with Crippen molar-refractivity contribution in [1.82, 2.24) is 6.15 Å². The molecule has 2 heteroatoms. The molecule has 0 bridgehead atoms. The maximum absolute atomic E-state index is 6.10. The average molecular weight is 262 g/mol. The summed E-state index contributed by atoms with van der Waals surface area (Å²) in [6.07, 6.45) is 0. The summed E-state index contributed by atoms with van der Waals surface area (Å²) in [7, 11) is 0. The summed E-state index contributed by atoms with van der Waals surface area (Å²) in [6.45, 7) is 0. The van der Waals surface area contributed by atoms with E-state index in [1.807, 2.05) is 30.3 Å². The van der Waals surface area contributed by atoms with Gasteiger partial charge in [-0.2, -0.15) is 0 Å². The van der Waals surface area contributed by atoms with Gasteiger partial charge in [-0.15, -0.1) is 0 Å². The van der Waals surface area contributed by atoms with Crippen LogP contribution in [0.5, 0.6) is 0 Å². The maximum Gasteiger partial charge on any atom is 0.0393 e. The molecule has 0 unspecified atom stereocenters. The van der Waals surface area contributed by atoms with E-state index < -0.39 is 0 Å². The molecule has 0 radical (unpaired) electrons. The normalized spacial score (nSPS) is 9.80. The van der Waals surface area contributed by atoms with Gasteiger partial charge in [-0.3, -0.25) is 0 Å². The molecule has 0 heterocycles. The lowest BCUT2D eigenvalue weighted by molar-refractivity contribution is 1.58. The van der Waals surface area contributed by atoms with Crippen LogP contribution in [0.3, 0.4) is 0 Å². The lowest BCUT2D eigenvalue weighted by atomic mass is 9.94. The number of rotatable bonds is 2. The van der Waals surface area contributed by atoms with Crippen LogP contribution in [0.4, 0.5) is 5.69 Å². The van der Waals surface area contributed by atoms with Crippen LogP contribution in [0, 0.1) is 0 Å². The Morgan fingerprint density at radius 2 is 1.00 bits per heavy atom. The Morgan fingerprint density at radius 1 is 0.500 bits per heavy atom. The van der Waals surface area contributed by atoms with E-state index in [0.29, 0.717) is 0 Å². The van der Waals surface area contributed by atoms with Crippen LogP contribution < -0.4 is 11.9 Å². The van der Waals surface area contributed by atoms with Crippen molar-refractivity contribution in [2.75, 3.05) is 5.73 Å². The molecular weight excluding hydrogens is 244 g/mol. The second-order valence-electron chi connectivity index (χ2n) is 4.50. The van der Waals surface area contributed by atoms with Crippen LogP contribution in [0.1, 0.15) is 0 Å². The monoisotopic (exact) mass is 262 g/mol. The van der Waals surface area contributed by atoms with Crippen LogP contribution in [-0.2, 0) is 0 Å². The van der Waals surface area contributed by atoms with Crippen molar-refractivity contribution in [3.8, 4) is 22.3 Å². The Bertz CT molecular complexity index is 691. The van der Waals surface area contributed by atoms with E-state index >= 15 is 0 Å². The average Bonchev–Trinajstić information content (AvgIpc) is 2.49. The third kappa shape index (κ3) is 2.56. The summed E-state index contributed by atoms with van der Waals surface area (Å²) in [4.78, 5) is 0. The van der Waals surface area contributed by atoms with E-state index in [9.17, 15) is 0 Å². The number of anilines is 1. The van der Waals surface area contributed by atoms with Gasteiger partial charge in [-0.1, -0.05) is 72.8 Å². The fourth-order valence-electron chi connectivity index (χ4n) is 2.33. The van der Waals surface area contributed by atoms with Gasteiger partial charge >= 0.3 is 0 Å². The fourth-order valence-corrected chi connectivity index (χ4v) is 2.33. The van der Waals surface area contributed by atoms with Gasteiger partial charge in [0, 0.05) is 11.3 Å². The van der Waals surface area contributed by atoms with Crippen LogP contribution >= 0.6 is 0 Å². The van der Waals surface area contributed by atoms with Crippen LogP contribution in [-0.4, -0.2) is 0 Å². The lowest BCUT2D eigenvalue weighted by Gasteiger charge is -2.11. The maximum atomic E-state index is 6.10. The number of nitrogen functional groups attached to an aromatic ring is 1. The van der Waals surface area contributed by atoms with Crippen LogP contribution in [0.15, 0.2) is 78.9 Å². The Balaban J connectivity index is 0.00000147. The molecule has 2 nitrogen and oxygen atoms in total. The molecule has 0 aliphatic rings. The van der Waals surface area contributed by atoms with Gasteiger partial charge in [0.1, 0.15) is 0 Å². The van der Waals surface area contributed by atoms with Gasteiger partial charge in [0.25, 0.3) is 0 Å². The smallest absolute Gasteiger partial charge is 0.0393 e. The first-order valence-corrected chi connectivity index (χ1v) is 6.35. The molecule has 0 amide bonds. The third-order valence-corrected chi connectivity index (χ3v) is 3.26. The molecule has 0 saturated carbocycles. The number of para-hydroxylation sites is 1. The molecule has 0 fully saturated rings. The van der Waals surface area contributed by atoms with Crippen molar-refractivity contribution >= 4 is 5.69 Å². The molecule has 3 rings (SSSR count). The minimum absolute atomic E-state index is 0. The molecule has 0 saturated heterocycles. The molecular formula is C18H18N2. The van der Waals surface area contributed by atoms with Gasteiger partial charge < -0.3 is 11.9 Å². The van der Waals surface area contributed by atoms with Crippen molar-refractivity contribution in [3.63, 3.8) is 0 Å². The first-order valence-electron chi connectivity index (χ1n) is 6.35. The van der Waals surface area contributed by atoms with Gasteiger partial charge in [-0.25, -0.2) is 0 Å². The topological polar surface area (TPSA) is 61.0 Å². The number of benzene rings is 3. The molecule has 0 aliphatic carbocycles. The highest BCUT2D eigenvalue weighted by molar-refractivity contribution is 5.88. The molecule has 3 aromatic rings. The second kappa shape index (κ2) is 6.04. The third-order valence-electron chi connectivity index (χ3n) is 3.26. The first kappa shape index (κ1) is 13.8. The highest BCUT2D eigenvalue weighted by Crippen LogP contribution is 2.34. The molecule has 0 spiro atoms. The van der Waals surface area contributed by atoms with E-state index in [0.717, 1.165) is 11.3 Å². The van der Waals surface area contributed by atoms with E-state index in [-0.39, 0.29) is 6.15 Å². The highest BCUT2D eigenvalue weighted by Gasteiger charge is 2.08. The van der Waals surface area contributed by atoms with Gasteiger partial charge in [-0.05, 0) is 22.8 Å². The van der Waals surface area contributed by atoms with E-state index in [1.165, 1.54) is 16.7 Å². The summed E-state index contributed by atoms with van der Waals surface area (Å²) in [6, 6.07) is 26.7. The molecule has 5 N–H and O–H groups in total. The molecule has 100 valence electrons. The van der Waals surface area contributed by atoms with E-state index in [2.05, 4.69) is 48.5 Å². The number of nitrogens with two attached hydrogens (primary N) is 1. The lowest BCUT2D eigenvalue weighted by Crippen LogP contribution is -1.91. The van der Waals surface area contributed by atoms with Crippen molar-refractivity contribution in [1.29, 1.82) is 0 Å². The predicted molar refractivity (Wildman–Crippen MR) is 86.7 cm³/mol. The van der Waals surface area contributed by atoms with Crippen molar-refractivity contribution < 1.29 is 0 Å². The highest BCUT2D eigenvalue weighted by atomic mass is 14.6. The van der Waals surface area contributed by atoms with Crippen molar-refractivity contribution in [2.24, 2.45) is 0 Å². The minimum Gasteiger partial charge on any atom is -0.398 e. The van der Waals surface area contributed by atoms with E-state index in [1.54, 1.807) is 0 Å². The Morgan fingerprint density at radius 3 is 1.65 bits per heavy atom. The Labute approximate surface area is 119 Å². The molecule has 0 aromatic heterocycles. The van der Waals surface area contributed by atoms with Crippen molar-refractivity contribution in [2.45, 2.75) is 0 Å². The van der Waals surface area contributed by atoms with E-state index in [4.69, 9.17) is 5.73 Å². The second-order valence-corrected chi connectivity index (χ2v) is 4.50. The first-order chi connectivity index (χ1) is 9.36. The molecule has 3 aromatic carbocycles. The summed E-state index contributed by atoms with van der Waals surface area (Å²) in [5.74, 6) is 0. The molecule has 0 atom stereocenters. The van der Waals surface area contributed by atoms with Gasteiger partial charge in [0.05, 0.1) is 0 Å². The zero-order chi connectivity index (χ0) is 13.1. The van der Waals surface area contributed by atoms with Gasteiger partial charge in [0.2, 0.25) is 0 Å². The quantitative estimate of drug-likeness (QED) is 0.654. The predicted octanol–water partition coefficient (Wildman–Crippen LogP) is 4.76. The number of hydrogen-bond acceptors (Lipinski definition) is 2. The summed E-state index contributed by atoms with van der Waals surface area (Å²) in [5.41, 5.74) is 11.6. The molecule has 0 aliphatic heterocycles. The van der Waals surface area contributed by atoms with Crippen molar-refractivity contribution in [3.05, 3.63) is 78.9 Å². The molecule has 20 heavy (non-hydrogen) atoms. The SMILES string of the molecule is N.Nc1ccccc1-c1ccccc1-c1ccccc1. The van der Waals surface area contributed by atoms with Gasteiger partial charge in [0.15, 0.2) is 0 Å².